The Labute approximate surface area is 105 Å². The molecule has 5 heteroatoms. The molecule has 0 atom stereocenters. The smallest absolute Gasteiger partial charge is 0.381 e. The second-order valence-electron chi connectivity index (χ2n) is 5.14. The molecule has 0 saturated heterocycles. The van der Waals surface area contributed by atoms with Crippen LogP contribution in [0.15, 0.2) is 18.2 Å². The minimum atomic E-state index is -4.29. The summed E-state index contributed by atoms with van der Waals surface area (Å²) in [6.45, 7) is 7.56. The predicted octanol–water partition coefficient (Wildman–Crippen LogP) is 3.74. The fourth-order valence-electron chi connectivity index (χ4n) is 2.42. The number of fused-ring (bicyclic) bond motifs is 1. The topological polar surface area (TPSA) is 15.3 Å². The SMILES string of the molecule is CCN1c2ccc(C(F)(F)F)cc2NCC1(C)C. The molecule has 0 fully saturated rings. The molecular weight excluding hydrogens is 241 g/mol. The van der Waals surface area contributed by atoms with Crippen LogP contribution in [0.1, 0.15) is 26.3 Å². The molecule has 0 aliphatic carbocycles. The van der Waals surface area contributed by atoms with E-state index in [1.165, 1.54) is 6.07 Å². The number of hydrogen-bond acceptors (Lipinski definition) is 2. The number of nitrogens with zero attached hydrogens (tertiary/aromatic N) is 1. The molecular formula is C13H17F3N2. The van der Waals surface area contributed by atoms with Crippen molar-refractivity contribution in [2.75, 3.05) is 23.3 Å². The van der Waals surface area contributed by atoms with Crippen LogP contribution in [-0.4, -0.2) is 18.6 Å². The highest BCUT2D eigenvalue weighted by Crippen LogP contribution is 2.39. The van der Waals surface area contributed by atoms with Crippen LogP contribution < -0.4 is 10.2 Å². The van der Waals surface area contributed by atoms with Gasteiger partial charge in [0.25, 0.3) is 0 Å². The Morgan fingerprint density at radius 3 is 2.56 bits per heavy atom. The van der Waals surface area contributed by atoms with Crippen molar-refractivity contribution in [2.24, 2.45) is 0 Å². The Balaban J connectivity index is 2.45. The fourth-order valence-corrected chi connectivity index (χ4v) is 2.42. The van der Waals surface area contributed by atoms with Gasteiger partial charge in [0.15, 0.2) is 0 Å². The molecule has 1 heterocycles. The number of benzene rings is 1. The largest absolute Gasteiger partial charge is 0.416 e. The minimum absolute atomic E-state index is 0.0957. The molecule has 0 saturated carbocycles. The summed E-state index contributed by atoms with van der Waals surface area (Å²) in [7, 11) is 0. The zero-order chi connectivity index (χ0) is 13.6. The summed E-state index contributed by atoms with van der Waals surface area (Å²) >= 11 is 0. The monoisotopic (exact) mass is 258 g/mol. The number of hydrogen-bond donors (Lipinski definition) is 1. The van der Waals surface area contributed by atoms with Crippen molar-refractivity contribution < 1.29 is 13.2 Å². The van der Waals surface area contributed by atoms with Gasteiger partial charge in [0, 0.05) is 13.1 Å². The van der Waals surface area contributed by atoms with E-state index in [1.54, 1.807) is 6.07 Å². The zero-order valence-electron chi connectivity index (χ0n) is 10.7. The van der Waals surface area contributed by atoms with E-state index in [4.69, 9.17) is 0 Å². The van der Waals surface area contributed by atoms with Crippen LogP contribution in [0, 0.1) is 0 Å². The number of anilines is 2. The van der Waals surface area contributed by atoms with Gasteiger partial charge in [-0.15, -0.1) is 0 Å². The Bertz CT molecular complexity index is 452. The number of nitrogens with one attached hydrogen (secondary N) is 1. The van der Waals surface area contributed by atoms with Crippen LogP contribution in [0.3, 0.4) is 0 Å². The van der Waals surface area contributed by atoms with Gasteiger partial charge >= 0.3 is 6.18 Å². The normalized spacial score (nSPS) is 18.2. The molecule has 0 radical (unpaired) electrons. The molecule has 0 unspecified atom stereocenters. The maximum Gasteiger partial charge on any atom is 0.416 e. The van der Waals surface area contributed by atoms with Crippen molar-refractivity contribution in [1.29, 1.82) is 0 Å². The van der Waals surface area contributed by atoms with Crippen molar-refractivity contribution in [3.63, 3.8) is 0 Å². The van der Waals surface area contributed by atoms with Gasteiger partial charge in [-0.3, -0.25) is 0 Å². The maximum atomic E-state index is 12.6. The molecule has 1 aliphatic heterocycles. The van der Waals surface area contributed by atoms with Gasteiger partial charge in [-0.1, -0.05) is 0 Å². The van der Waals surface area contributed by atoms with E-state index in [1.807, 2.05) is 6.92 Å². The van der Waals surface area contributed by atoms with E-state index in [0.717, 1.165) is 18.3 Å². The first-order chi connectivity index (χ1) is 8.25. The molecule has 0 bridgehead atoms. The first-order valence-corrected chi connectivity index (χ1v) is 5.98. The summed E-state index contributed by atoms with van der Waals surface area (Å²) in [6.07, 6.45) is -4.29. The van der Waals surface area contributed by atoms with Crippen LogP contribution in [0.2, 0.25) is 0 Å². The lowest BCUT2D eigenvalue weighted by Crippen LogP contribution is -2.52. The van der Waals surface area contributed by atoms with Crippen LogP contribution in [0.5, 0.6) is 0 Å². The molecule has 1 aromatic carbocycles. The van der Waals surface area contributed by atoms with Gasteiger partial charge in [-0.25, -0.2) is 0 Å². The predicted molar refractivity (Wildman–Crippen MR) is 67.0 cm³/mol. The summed E-state index contributed by atoms with van der Waals surface area (Å²) in [5, 5.41) is 3.09. The van der Waals surface area contributed by atoms with E-state index in [9.17, 15) is 13.2 Å². The average molecular weight is 258 g/mol. The van der Waals surface area contributed by atoms with Crippen molar-refractivity contribution in [1.82, 2.24) is 0 Å². The van der Waals surface area contributed by atoms with Crippen LogP contribution in [0.4, 0.5) is 24.5 Å². The quantitative estimate of drug-likeness (QED) is 0.825. The van der Waals surface area contributed by atoms with Gasteiger partial charge in [-0.05, 0) is 39.0 Å². The Morgan fingerprint density at radius 2 is 2.00 bits per heavy atom. The molecule has 1 N–H and O–H groups in total. The highest BCUT2D eigenvalue weighted by Gasteiger charge is 2.35. The van der Waals surface area contributed by atoms with E-state index < -0.39 is 11.7 Å². The molecule has 0 spiro atoms. The van der Waals surface area contributed by atoms with Gasteiger partial charge in [0.05, 0.1) is 22.5 Å². The lowest BCUT2D eigenvalue weighted by Gasteiger charge is -2.45. The van der Waals surface area contributed by atoms with Gasteiger partial charge in [-0.2, -0.15) is 13.2 Å². The zero-order valence-corrected chi connectivity index (χ0v) is 10.7. The standard InChI is InChI=1S/C13H17F3N2/c1-4-18-11-6-5-9(13(14,15)16)7-10(11)17-8-12(18,2)3/h5-7,17H,4,8H2,1-3H3. The van der Waals surface area contributed by atoms with Crippen molar-refractivity contribution in [2.45, 2.75) is 32.5 Å². The Hall–Kier alpha value is -1.39. The summed E-state index contributed by atoms with van der Waals surface area (Å²) in [5.74, 6) is 0. The van der Waals surface area contributed by atoms with E-state index >= 15 is 0 Å². The number of halogens is 3. The van der Waals surface area contributed by atoms with Crippen LogP contribution in [-0.2, 0) is 6.18 Å². The van der Waals surface area contributed by atoms with E-state index in [0.29, 0.717) is 12.2 Å². The lowest BCUT2D eigenvalue weighted by molar-refractivity contribution is -0.137. The molecule has 1 aliphatic rings. The van der Waals surface area contributed by atoms with Gasteiger partial charge in [0.2, 0.25) is 0 Å². The number of rotatable bonds is 1. The third-order valence-electron chi connectivity index (χ3n) is 3.37. The second kappa shape index (κ2) is 4.07. The second-order valence-corrected chi connectivity index (χ2v) is 5.14. The molecule has 18 heavy (non-hydrogen) atoms. The minimum Gasteiger partial charge on any atom is -0.381 e. The first-order valence-electron chi connectivity index (χ1n) is 5.98. The van der Waals surface area contributed by atoms with Crippen molar-refractivity contribution in [3.05, 3.63) is 23.8 Å². The molecule has 2 nitrogen and oxygen atoms in total. The summed E-state index contributed by atoms with van der Waals surface area (Å²) in [6, 6.07) is 3.88. The summed E-state index contributed by atoms with van der Waals surface area (Å²) in [4.78, 5) is 2.12. The maximum absolute atomic E-state index is 12.6. The fraction of sp³-hybridized carbons (Fsp3) is 0.538. The number of likely N-dealkylation sites (N-methyl/N-ethyl adjacent to an activating group) is 1. The third-order valence-corrected chi connectivity index (χ3v) is 3.37. The molecule has 0 aromatic heterocycles. The van der Waals surface area contributed by atoms with Gasteiger partial charge < -0.3 is 10.2 Å². The van der Waals surface area contributed by atoms with Crippen molar-refractivity contribution >= 4 is 11.4 Å². The Morgan fingerprint density at radius 1 is 1.33 bits per heavy atom. The number of alkyl halides is 3. The molecule has 1 aromatic rings. The van der Waals surface area contributed by atoms with Crippen molar-refractivity contribution in [3.8, 4) is 0 Å². The summed E-state index contributed by atoms with van der Waals surface area (Å²) in [5.41, 5.74) is 0.693. The highest BCUT2D eigenvalue weighted by atomic mass is 19.4. The first kappa shape index (κ1) is 13.1. The van der Waals surface area contributed by atoms with Gasteiger partial charge in [0.1, 0.15) is 0 Å². The van der Waals surface area contributed by atoms with E-state index in [2.05, 4.69) is 24.1 Å². The van der Waals surface area contributed by atoms with Crippen LogP contribution in [0.25, 0.3) is 0 Å². The highest BCUT2D eigenvalue weighted by molar-refractivity contribution is 5.74. The Kier molecular flexibility index (Phi) is 2.95. The van der Waals surface area contributed by atoms with E-state index in [-0.39, 0.29) is 5.54 Å². The average Bonchev–Trinajstić information content (AvgIpc) is 2.26. The molecule has 0 amide bonds. The summed E-state index contributed by atoms with van der Waals surface area (Å²) < 4.78 is 37.9. The van der Waals surface area contributed by atoms with Crippen LogP contribution >= 0.6 is 0 Å². The lowest BCUT2D eigenvalue weighted by atomic mass is 9.97. The molecule has 100 valence electrons. The molecule has 2 rings (SSSR count). The third kappa shape index (κ3) is 2.13.